The Kier molecular flexibility index (Phi) is 6.03. The molecule has 162 valence electrons. The third-order valence-corrected chi connectivity index (χ3v) is 5.41. The molecule has 10 nitrogen and oxygen atoms in total. The van der Waals surface area contributed by atoms with Gasteiger partial charge in [0.15, 0.2) is 0 Å². The number of fused-ring (bicyclic) bond motifs is 1. The van der Waals surface area contributed by atoms with Crippen LogP contribution in [-0.2, 0) is 4.74 Å². The minimum Gasteiger partial charge on any atom is -0.450 e. The topological polar surface area (TPSA) is 126 Å². The third kappa shape index (κ3) is 4.81. The van der Waals surface area contributed by atoms with Crippen molar-refractivity contribution < 1.29 is 24.2 Å². The van der Waals surface area contributed by atoms with Gasteiger partial charge in [-0.15, -0.1) is 0 Å². The maximum Gasteiger partial charge on any atom is 0.409 e. The maximum atomic E-state index is 12.6. The number of aliphatic hydroxyl groups excluding tert-OH is 1. The van der Waals surface area contributed by atoms with E-state index in [2.05, 4.69) is 15.1 Å². The Morgan fingerprint density at radius 3 is 2.87 bits per heavy atom. The fourth-order valence-electron chi connectivity index (χ4n) is 3.58. The molecule has 2 N–H and O–H groups in total. The van der Waals surface area contributed by atoms with Gasteiger partial charge in [-0.2, -0.15) is 4.98 Å². The number of nitrogens with one attached hydrogen (secondary N) is 1. The molecule has 0 bridgehead atoms. The monoisotopic (exact) mass is 418 g/mol. The molecule has 1 saturated carbocycles. The molecule has 2 aliphatic heterocycles. The highest BCUT2D eigenvalue weighted by Crippen LogP contribution is 2.38. The number of hydrogen-bond donors (Lipinski definition) is 2. The van der Waals surface area contributed by atoms with Crippen molar-refractivity contribution in [3.05, 3.63) is 22.0 Å². The first-order valence-electron chi connectivity index (χ1n) is 10.4. The highest BCUT2D eigenvalue weighted by Gasteiger charge is 2.28. The average Bonchev–Trinajstić information content (AvgIpc) is 3.55. The molecule has 0 aromatic carbocycles. The Morgan fingerprint density at radius 1 is 1.40 bits per heavy atom. The van der Waals surface area contributed by atoms with Gasteiger partial charge < -0.3 is 24.3 Å². The zero-order chi connectivity index (χ0) is 21.1. The van der Waals surface area contributed by atoms with Crippen LogP contribution in [0.4, 0.5) is 4.79 Å². The molecule has 1 saturated heterocycles. The first-order chi connectivity index (χ1) is 14.5. The minimum atomic E-state index is -1.15. The van der Waals surface area contributed by atoms with E-state index in [9.17, 15) is 14.7 Å². The summed E-state index contributed by atoms with van der Waals surface area (Å²) in [6, 6.07) is -0.102. The van der Waals surface area contributed by atoms with E-state index in [1.165, 1.54) is 12.8 Å². The van der Waals surface area contributed by atoms with E-state index in [1.807, 2.05) is 0 Å². The van der Waals surface area contributed by atoms with Crippen molar-refractivity contribution in [2.24, 2.45) is 11.1 Å². The van der Waals surface area contributed by atoms with E-state index in [0.717, 1.165) is 17.7 Å². The van der Waals surface area contributed by atoms with Crippen LogP contribution in [0.5, 0.6) is 11.9 Å². The van der Waals surface area contributed by atoms with E-state index in [1.54, 1.807) is 17.9 Å². The van der Waals surface area contributed by atoms with Gasteiger partial charge in [0.05, 0.1) is 12.3 Å². The molecule has 1 amide bonds. The maximum absolute atomic E-state index is 12.6. The largest absolute Gasteiger partial charge is 0.450 e. The van der Waals surface area contributed by atoms with Crippen molar-refractivity contribution >= 4 is 17.4 Å². The number of hydrogen-bond acceptors (Lipinski definition) is 8. The van der Waals surface area contributed by atoms with Gasteiger partial charge in [-0.25, -0.2) is 4.79 Å². The fraction of sp³-hybridized carbons (Fsp3) is 0.600. The summed E-state index contributed by atoms with van der Waals surface area (Å²) in [5, 5.41) is 14.0. The summed E-state index contributed by atoms with van der Waals surface area (Å²) in [4.78, 5) is 38.0. The van der Waals surface area contributed by atoms with E-state index < -0.39 is 6.29 Å². The predicted octanol–water partition coefficient (Wildman–Crippen LogP) is 2.04. The van der Waals surface area contributed by atoms with Crippen LogP contribution in [0, 0.1) is 5.92 Å². The van der Waals surface area contributed by atoms with E-state index in [0.29, 0.717) is 50.4 Å². The van der Waals surface area contributed by atoms with Crippen LogP contribution in [0.25, 0.3) is 5.57 Å². The van der Waals surface area contributed by atoms with Gasteiger partial charge in [0.25, 0.3) is 5.56 Å². The molecule has 1 aromatic heterocycles. The van der Waals surface area contributed by atoms with Crippen molar-refractivity contribution in [1.82, 2.24) is 14.9 Å². The highest BCUT2D eigenvalue weighted by molar-refractivity contribution is 5.86. The quantitative estimate of drug-likeness (QED) is 0.677. The lowest BCUT2D eigenvalue weighted by Gasteiger charge is -2.26. The molecular formula is C20H26N4O6. The number of likely N-dealkylation sites (tertiary alicyclic amines) is 1. The molecule has 4 rings (SSSR count). The average molecular weight is 418 g/mol. The summed E-state index contributed by atoms with van der Waals surface area (Å²) in [5.41, 5.74) is 1.44. The number of H-pyrrole nitrogens is 1. The van der Waals surface area contributed by atoms with Gasteiger partial charge in [0.1, 0.15) is 5.56 Å². The van der Waals surface area contributed by atoms with Crippen molar-refractivity contribution in [2.45, 2.75) is 51.7 Å². The summed E-state index contributed by atoms with van der Waals surface area (Å²) in [6.45, 7) is 3.08. The zero-order valence-electron chi connectivity index (χ0n) is 16.9. The molecule has 3 heterocycles. The SMILES string of the molecule is CCOC(=O)N1CCC(=NOc2nc3c(c(=O)[nH]2)C(CCC2CC2)=CC(O)O3)CC1. The highest BCUT2D eigenvalue weighted by atomic mass is 16.6. The smallest absolute Gasteiger partial charge is 0.409 e. The number of aromatic nitrogens is 2. The molecule has 1 aliphatic carbocycles. The Bertz CT molecular complexity index is 910. The van der Waals surface area contributed by atoms with E-state index in [4.69, 9.17) is 14.3 Å². The lowest BCUT2D eigenvalue weighted by molar-refractivity contribution is 0.0176. The number of ether oxygens (including phenoxy) is 2. The Morgan fingerprint density at radius 2 is 2.17 bits per heavy atom. The van der Waals surface area contributed by atoms with Gasteiger partial charge in [0.2, 0.25) is 12.2 Å². The summed E-state index contributed by atoms with van der Waals surface area (Å²) in [7, 11) is 0. The molecule has 10 heteroatoms. The second-order valence-electron chi connectivity index (χ2n) is 7.67. The van der Waals surface area contributed by atoms with Crippen LogP contribution in [0.15, 0.2) is 16.0 Å². The normalized spacial score (nSPS) is 20.7. The third-order valence-electron chi connectivity index (χ3n) is 5.41. The minimum absolute atomic E-state index is 0.0480. The molecule has 2 fully saturated rings. The number of carbonyl (C=O) groups is 1. The summed E-state index contributed by atoms with van der Waals surface area (Å²) in [6.07, 6.45) is 5.27. The summed E-state index contributed by atoms with van der Waals surface area (Å²) < 4.78 is 10.3. The number of piperidine rings is 1. The number of oxime groups is 1. The molecular weight excluding hydrogens is 392 g/mol. The second kappa shape index (κ2) is 8.86. The first-order valence-corrected chi connectivity index (χ1v) is 10.4. The Hall–Kier alpha value is -2.88. The molecule has 30 heavy (non-hydrogen) atoms. The molecule has 0 spiro atoms. The van der Waals surface area contributed by atoms with Crippen LogP contribution >= 0.6 is 0 Å². The summed E-state index contributed by atoms with van der Waals surface area (Å²) in [5.74, 6) is 0.752. The number of aliphatic hydroxyl groups is 1. The second-order valence-corrected chi connectivity index (χ2v) is 7.67. The van der Waals surface area contributed by atoms with E-state index in [-0.39, 0.29) is 23.5 Å². The van der Waals surface area contributed by atoms with E-state index >= 15 is 0 Å². The Labute approximate surface area is 173 Å². The van der Waals surface area contributed by atoms with Gasteiger partial charge in [-0.3, -0.25) is 9.78 Å². The van der Waals surface area contributed by atoms with Gasteiger partial charge in [-0.1, -0.05) is 18.0 Å². The number of nitrogens with zero attached hydrogens (tertiary/aromatic N) is 3. The van der Waals surface area contributed by atoms with Gasteiger partial charge in [-0.05, 0) is 37.3 Å². The molecule has 0 radical (unpaired) electrons. The first kappa shape index (κ1) is 20.4. The Balaban J connectivity index is 1.41. The van der Waals surface area contributed by atoms with Crippen molar-refractivity contribution in [3.63, 3.8) is 0 Å². The van der Waals surface area contributed by atoms with Crippen molar-refractivity contribution in [2.75, 3.05) is 19.7 Å². The van der Waals surface area contributed by atoms with Crippen molar-refractivity contribution in [3.8, 4) is 11.9 Å². The van der Waals surface area contributed by atoms with Crippen LogP contribution in [0.3, 0.4) is 0 Å². The standard InChI is InChI=1S/C20H26N4O6/c1-2-28-20(27)24-9-7-14(8-10-24)23-30-19-21-17(26)16-13(6-5-12-3-4-12)11-15(25)29-18(16)22-19/h11-12,15,25H,2-10H2,1H3,(H,21,22,26). The van der Waals surface area contributed by atoms with Gasteiger partial charge >= 0.3 is 12.1 Å². The number of allylic oxidation sites excluding steroid dienone is 1. The number of rotatable bonds is 6. The predicted molar refractivity (Wildman–Crippen MR) is 107 cm³/mol. The molecule has 1 aromatic rings. The molecule has 3 aliphatic rings. The van der Waals surface area contributed by atoms with Crippen molar-refractivity contribution in [1.29, 1.82) is 0 Å². The number of aromatic amines is 1. The van der Waals surface area contributed by atoms with Gasteiger partial charge in [0, 0.05) is 25.9 Å². The summed E-state index contributed by atoms with van der Waals surface area (Å²) >= 11 is 0. The fourth-order valence-corrected chi connectivity index (χ4v) is 3.58. The molecule has 1 unspecified atom stereocenters. The number of carbonyl (C=O) groups excluding carboxylic acids is 1. The van der Waals surface area contributed by atoms with Crippen LogP contribution in [0.1, 0.15) is 51.0 Å². The lowest BCUT2D eigenvalue weighted by Crippen LogP contribution is -2.39. The molecule has 1 atom stereocenters. The van der Waals surface area contributed by atoms with Crippen LogP contribution in [-0.4, -0.2) is 57.8 Å². The van der Waals surface area contributed by atoms with Crippen LogP contribution < -0.4 is 15.1 Å². The zero-order valence-corrected chi connectivity index (χ0v) is 16.9. The lowest BCUT2D eigenvalue weighted by atomic mass is 9.99. The number of amides is 1. The van der Waals surface area contributed by atoms with Crippen LogP contribution in [0.2, 0.25) is 0 Å².